The van der Waals surface area contributed by atoms with Crippen LogP contribution in [0.4, 0.5) is 11.4 Å². The number of rotatable bonds is 6. The lowest BCUT2D eigenvalue weighted by atomic mass is 9.88. The third-order valence-electron chi connectivity index (χ3n) is 8.00. The number of piperidine rings is 1. The van der Waals surface area contributed by atoms with Crippen molar-refractivity contribution < 1.29 is 18.8 Å². The second-order valence-corrected chi connectivity index (χ2v) is 10.9. The molecule has 0 spiro atoms. The standard InChI is InChI=1S/C31H36N4O4/c1-20-6-9-24(10-7-20)35(29(36)19-33-14-12-23(13-15-33)30(32)37)27-18-22(3)34(31(38)28-5-4-16-39-28)26-11-8-21(2)17-25(26)27/h4-11,16-17,22-23,27H,12-15,18-19H2,1-3H3,(H2,32,37)/t22-,27-/m1/s1. The normalized spacial score (nSPS) is 19.9. The molecule has 0 aliphatic carbocycles. The van der Waals surface area contributed by atoms with Gasteiger partial charge in [0.05, 0.1) is 18.8 Å². The van der Waals surface area contributed by atoms with Crippen LogP contribution in [0.25, 0.3) is 0 Å². The molecule has 2 aromatic carbocycles. The molecule has 0 radical (unpaired) electrons. The largest absolute Gasteiger partial charge is 0.459 e. The van der Waals surface area contributed by atoms with Gasteiger partial charge in [-0.1, -0.05) is 35.4 Å². The summed E-state index contributed by atoms with van der Waals surface area (Å²) in [7, 11) is 0. The van der Waals surface area contributed by atoms with Gasteiger partial charge in [-0.2, -0.15) is 0 Å². The van der Waals surface area contributed by atoms with Crippen molar-refractivity contribution in [3.05, 3.63) is 83.3 Å². The van der Waals surface area contributed by atoms with E-state index in [1.54, 1.807) is 17.0 Å². The van der Waals surface area contributed by atoms with Gasteiger partial charge in [-0.25, -0.2) is 0 Å². The van der Waals surface area contributed by atoms with Crippen molar-refractivity contribution in [3.8, 4) is 0 Å². The van der Waals surface area contributed by atoms with Gasteiger partial charge < -0.3 is 20.0 Å². The molecular weight excluding hydrogens is 492 g/mol. The van der Waals surface area contributed by atoms with Crippen molar-refractivity contribution in [3.63, 3.8) is 0 Å². The summed E-state index contributed by atoms with van der Waals surface area (Å²) in [6, 6.07) is 17.0. The molecule has 2 N–H and O–H groups in total. The van der Waals surface area contributed by atoms with Crippen molar-refractivity contribution in [1.82, 2.24) is 4.90 Å². The summed E-state index contributed by atoms with van der Waals surface area (Å²) in [6.45, 7) is 7.63. The third kappa shape index (κ3) is 5.47. The van der Waals surface area contributed by atoms with Gasteiger partial charge in [0.2, 0.25) is 11.8 Å². The molecule has 2 atom stereocenters. The van der Waals surface area contributed by atoms with Crippen LogP contribution in [0.15, 0.2) is 65.3 Å². The summed E-state index contributed by atoms with van der Waals surface area (Å²) in [6.07, 6.45) is 3.41. The van der Waals surface area contributed by atoms with E-state index in [0.717, 1.165) is 28.1 Å². The molecule has 1 saturated heterocycles. The Morgan fingerprint density at radius 2 is 1.69 bits per heavy atom. The summed E-state index contributed by atoms with van der Waals surface area (Å²) < 4.78 is 5.45. The molecule has 1 aromatic heterocycles. The zero-order chi connectivity index (χ0) is 27.7. The van der Waals surface area contributed by atoms with E-state index in [1.807, 2.05) is 62.1 Å². The molecule has 3 aromatic rings. The maximum atomic E-state index is 14.1. The number of hydrogen-bond acceptors (Lipinski definition) is 5. The van der Waals surface area contributed by atoms with Gasteiger partial charge in [0.1, 0.15) is 0 Å². The van der Waals surface area contributed by atoms with E-state index in [4.69, 9.17) is 10.2 Å². The Morgan fingerprint density at radius 1 is 1.00 bits per heavy atom. The third-order valence-corrected chi connectivity index (χ3v) is 8.00. The van der Waals surface area contributed by atoms with Crippen molar-refractivity contribution in [2.45, 2.75) is 52.1 Å². The van der Waals surface area contributed by atoms with Gasteiger partial charge in [0.15, 0.2) is 5.76 Å². The Hall–Kier alpha value is -3.91. The first-order chi connectivity index (χ1) is 18.7. The van der Waals surface area contributed by atoms with Gasteiger partial charge >= 0.3 is 0 Å². The fourth-order valence-corrected chi connectivity index (χ4v) is 5.87. The number of fused-ring (bicyclic) bond motifs is 1. The molecule has 0 saturated carbocycles. The van der Waals surface area contributed by atoms with E-state index >= 15 is 0 Å². The quantitative estimate of drug-likeness (QED) is 0.504. The topological polar surface area (TPSA) is 100 Å². The summed E-state index contributed by atoms with van der Waals surface area (Å²) in [5.74, 6) is -0.304. The first-order valence-corrected chi connectivity index (χ1v) is 13.6. The van der Waals surface area contributed by atoms with Crippen molar-refractivity contribution in [2.75, 3.05) is 29.4 Å². The van der Waals surface area contributed by atoms with Crippen molar-refractivity contribution in [1.29, 1.82) is 0 Å². The molecule has 3 amide bonds. The summed E-state index contributed by atoms with van der Waals surface area (Å²) in [5, 5.41) is 0. The highest BCUT2D eigenvalue weighted by Crippen LogP contribution is 2.43. The van der Waals surface area contributed by atoms with Crippen LogP contribution in [0.5, 0.6) is 0 Å². The number of furan rings is 1. The number of likely N-dealkylation sites (tertiary alicyclic amines) is 1. The lowest BCUT2D eigenvalue weighted by molar-refractivity contribution is -0.123. The van der Waals surface area contributed by atoms with Crippen LogP contribution in [0.3, 0.4) is 0 Å². The number of benzene rings is 2. The molecule has 1 fully saturated rings. The number of primary amides is 1. The lowest BCUT2D eigenvalue weighted by Crippen LogP contribution is -2.50. The van der Waals surface area contributed by atoms with Gasteiger partial charge in [-0.3, -0.25) is 19.3 Å². The van der Waals surface area contributed by atoms with E-state index in [9.17, 15) is 14.4 Å². The molecule has 8 nitrogen and oxygen atoms in total. The smallest absolute Gasteiger partial charge is 0.294 e. The highest BCUT2D eigenvalue weighted by molar-refractivity contribution is 6.06. The number of hydrogen-bond donors (Lipinski definition) is 1. The van der Waals surface area contributed by atoms with Crippen LogP contribution >= 0.6 is 0 Å². The molecule has 0 bridgehead atoms. The van der Waals surface area contributed by atoms with Crippen LogP contribution in [0.1, 0.15) is 59.5 Å². The predicted octanol–water partition coefficient (Wildman–Crippen LogP) is 4.61. The second kappa shape index (κ2) is 11.1. The number of anilines is 2. The van der Waals surface area contributed by atoms with Crippen LogP contribution in [-0.4, -0.2) is 48.3 Å². The zero-order valence-electron chi connectivity index (χ0n) is 22.8. The van der Waals surface area contributed by atoms with Crippen molar-refractivity contribution >= 4 is 29.1 Å². The molecule has 204 valence electrons. The summed E-state index contributed by atoms with van der Waals surface area (Å²) in [5.41, 5.74) is 10.2. The molecular formula is C31H36N4O4. The van der Waals surface area contributed by atoms with Crippen LogP contribution in [0, 0.1) is 19.8 Å². The van der Waals surface area contributed by atoms with Gasteiger partial charge in [-0.15, -0.1) is 0 Å². The Kier molecular flexibility index (Phi) is 7.57. The first-order valence-electron chi connectivity index (χ1n) is 13.6. The van der Waals surface area contributed by atoms with Gasteiger partial charge in [-0.05, 0) is 89.0 Å². The van der Waals surface area contributed by atoms with E-state index in [1.165, 1.54) is 6.26 Å². The molecule has 2 aliphatic rings. The Labute approximate surface area is 229 Å². The van der Waals surface area contributed by atoms with E-state index < -0.39 is 0 Å². The lowest BCUT2D eigenvalue weighted by Gasteiger charge is -2.44. The molecule has 0 unspecified atom stereocenters. The SMILES string of the molecule is Cc1ccc(N(C(=O)CN2CCC(C(N)=O)CC2)[C@@H]2C[C@@H](C)N(C(=O)c3ccco3)c3ccc(C)cc32)cc1. The van der Waals surface area contributed by atoms with Crippen LogP contribution < -0.4 is 15.5 Å². The number of carbonyl (C=O) groups is 3. The molecule has 5 rings (SSSR count). The Morgan fingerprint density at radius 3 is 2.33 bits per heavy atom. The maximum absolute atomic E-state index is 14.1. The number of aryl methyl sites for hydroxylation is 2. The fourth-order valence-electron chi connectivity index (χ4n) is 5.87. The summed E-state index contributed by atoms with van der Waals surface area (Å²) in [4.78, 5) is 45.0. The maximum Gasteiger partial charge on any atom is 0.294 e. The van der Waals surface area contributed by atoms with Crippen molar-refractivity contribution in [2.24, 2.45) is 11.7 Å². The minimum Gasteiger partial charge on any atom is -0.459 e. The Balaban J connectivity index is 1.50. The average molecular weight is 529 g/mol. The zero-order valence-corrected chi connectivity index (χ0v) is 22.8. The average Bonchev–Trinajstić information content (AvgIpc) is 3.45. The van der Waals surface area contributed by atoms with Gasteiger partial charge in [0, 0.05) is 23.3 Å². The monoisotopic (exact) mass is 528 g/mol. The molecule has 39 heavy (non-hydrogen) atoms. The number of nitrogens with zero attached hydrogens (tertiary/aromatic N) is 3. The molecule has 8 heteroatoms. The van der Waals surface area contributed by atoms with E-state index in [2.05, 4.69) is 11.0 Å². The van der Waals surface area contributed by atoms with E-state index in [0.29, 0.717) is 32.4 Å². The summed E-state index contributed by atoms with van der Waals surface area (Å²) >= 11 is 0. The van der Waals surface area contributed by atoms with E-state index in [-0.39, 0.29) is 48.0 Å². The van der Waals surface area contributed by atoms with Gasteiger partial charge in [0.25, 0.3) is 5.91 Å². The minimum atomic E-state index is -0.265. The number of amides is 3. The highest BCUT2D eigenvalue weighted by Gasteiger charge is 2.40. The predicted molar refractivity (Wildman–Crippen MR) is 151 cm³/mol. The fraction of sp³-hybridized carbons (Fsp3) is 0.387. The number of carbonyl (C=O) groups excluding carboxylic acids is 3. The van der Waals surface area contributed by atoms with Crippen LogP contribution in [0.2, 0.25) is 0 Å². The number of nitrogens with two attached hydrogens (primary N) is 1. The molecule has 3 heterocycles. The molecule has 2 aliphatic heterocycles. The Bertz CT molecular complexity index is 1340. The minimum absolute atomic E-state index is 0.00755. The van der Waals surface area contributed by atoms with Crippen LogP contribution in [-0.2, 0) is 9.59 Å². The second-order valence-electron chi connectivity index (χ2n) is 10.9. The highest BCUT2D eigenvalue weighted by atomic mass is 16.3. The first kappa shape index (κ1) is 26.7.